The number of rotatable bonds is 5. The number of aromatic amines is 1. The molecule has 0 aliphatic carbocycles. The predicted molar refractivity (Wildman–Crippen MR) is 91.2 cm³/mol. The number of fused-ring (bicyclic) bond motifs is 1. The quantitative estimate of drug-likeness (QED) is 0.542. The molecule has 0 amide bonds. The molecule has 3 aromatic rings. The molecule has 0 spiro atoms. The molecule has 0 atom stereocenters. The van der Waals surface area contributed by atoms with E-state index in [1.165, 1.54) is 16.8 Å². The summed E-state index contributed by atoms with van der Waals surface area (Å²) in [6, 6.07) is 14.8. The lowest BCUT2D eigenvalue weighted by Gasteiger charge is -2.05. The van der Waals surface area contributed by atoms with Crippen molar-refractivity contribution in [3.05, 3.63) is 53.6 Å². The molecule has 108 valence electrons. The minimum absolute atomic E-state index is 0.920. The normalized spacial score (nSPS) is 11.0. The van der Waals surface area contributed by atoms with Crippen molar-refractivity contribution in [1.29, 1.82) is 0 Å². The molecule has 4 heteroatoms. The van der Waals surface area contributed by atoms with Gasteiger partial charge >= 0.3 is 0 Å². The highest BCUT2D eigenvalue weighted by molar-refractivity contribution is 7.99. The van der Waals surface area contributed by atoms with Crippen LogP contribution in [-0.4, -0.2) is 22.3 Å². The summed E-state index contributed by atoms with van der Waals surface area (Å²) in [6.07, 6.45) is 0. The molecule has 2 N–H and O–H groups in total. The Kier molecular flexibility index (Phi) is 4.15. The zero-order valence-corrected chi connectivity index (χ0v) is 13.1. The summed E-state index contributed by atoms with van der Waals surface area (Å²) in [5, 5.41) is 4.41. The van der Waals surface area contributed by atoms with Crippen LogP contribution in [0.5, 0.6) is 0 Å². The number of anilines is 1. The SMILES string of the molecule is Cc1ccc(NCCSc2nc3ccc(C)cc3[nH]2)cc1. The van der Waals surface area contributed by atoms with Crippen molar-refractivity contribution in [3.8, 4) is 0 Å². The smallest absolute Gasteiger partial charge is 0.166 e. The van der Waals surface area contributed by atoms with Gasteiger partial charge < -0.3 is 10.3 Å². The zero-order valence-electron chi connectivity index (χ0n) is 12.3. The first kappa shape index (κ1) is 14.0. The van der Waals surface area contributed by atoms with Crippen LogP contribution < -0.4 is 5.32 Å². The number of nitrogens with zero attached hydrogens (tertiary/aromatic N) is 1. The van der Waals surface area contributed by atoms with Crippen LogP contribution in [0.2, 0.25) is 0 Å². The Balaban J connectivity index is 1.53. The number of nitrogens with one attached hydrogen (secondary N) is 2. The third kappa shape index (κ3) is 3.58. The lowest BCUT2D eigenvalue weighted by Crippen LogP contribution is -2.03. The molecular weight excluding hydrogens is 278 g/mol. The molecule has 1 aromatic heterocycles. The molecule has 0 aliphatic heterocycles. The topological polar surface area (TPSA) is 40.7 Å². The van der Waals surface area contributed by atoms with E-state index in [9.17, 15) is 0 Å². The summed E-state index contributed by atoms with van der Waals surface area (Å²) in [7, 11) is 0. The Morgan fingerprint density at radius 2 is 1.81 bits per heavy atom. The van der Waals surface area contributed by atoms with Crippen LogP contribution in [0.4, 0.5) is 5.69 Å². The van der Waals surface area contributed by atoms with Gasteiger partial charge in [-0.1, -0.05) is 35.5 Å². The van der Waals surface area contributed by atoms with Gasteiger partial charge in [0.15, 0.2) is 5.16 Å². The highest BCUT2D eigenvalue weighted by Crippen LogP contribution is 2.20. The average Bonchev–Trinajstić information content (AvgIpc) is 2.87. The summed E-state index contributed by atoms with van der Waals surface area (Å²) >= 11 is 1.75. The van der Waals surface area contributed by atoms with E-state index in [-0.39, 0.29) is 0 Å². The van der Waals surface area contributed by atoms with Gasteiger partial charge in [-0.05, 0) is 43.7 Å². The Morgan fingerprint density at radius 3 is 2.62 bits per heavy atom. The fraction of sp³-hybridized carbons (Fsp3) is 0.235. The molecule has 21 heavy (non-hydrogen) atoms. The van der Waals surface area contributed by atoms with E-state index in [4.69, 9.17) is 0 Å². The molecule has 0 saturated carbocycles. The van der Waals surface area contributed by atoms with Crippen molar-refractivity contribution in [2.45, 2.75) is 19.0 Å². The molecule has 3 nitrogen and oxygen atoms in total. The van der Waals surface area contributed by atoms with Crippen LogP contribution in [0.25, 0.3) is 11.0 Å². The van der Waals surface area contributed by atoms with Gasteiger partial charge in [0.05, 0.1) is 11.0 Å². The van der Waals surface area contributed by atoms with E-state index >= 15 is 0 Å². The van der Waals surface area contributed by atoms with Gasteiger partial charge in [0.25, 0.3) is 0 Å². The monoisotopic (exact) mass is 297 g/mol. The van der Waals surface area contributed by atoms with Crippen LogP contribution in [0.1, 0.15) is 11.1 Å². The van der Waals surface area contributed by atoms with Crippen molar-refractivity contribution in [2.24, 2.45) is 0 Å². The third-order valence-electron chi connectivity index (χ3n) is 3.34. The zero-order chi connectivity index (χ0) is 14.7. The summed E-state index contributed by atoms with van der Waals surface area (Å²) in [4.78, 5) is 7.96. The second-order valence-corrected chi connectivity index (χ2v) is 6.29. The Morgan fingerprint density at radius 1 is 1.05 bits per heavy atom. The van der Waals surface area contributed by atoms with Crippen molar-refractivity contribution in [2.75, 3.05) is 17.6 Å². The van der Waals surface area contributed by atoms with E-state index in [0.717, 1.165) is 28.5 Å². The summed E-state index contributed by atoms with van der Waals surface area (Å²) in [5.74, 6) is 0.979. The molecule has 0 radical (unpaired) electrons. The minimum atomic E-state index is 0.920. The van der Waals surface area contributed by atoms with E-state index in [1.54, 1.807) is 11.8 Å². The van der Waals surface area contributed by atoms with Crippen molar-refractivity contribution in [1.82, 2.24) is 9.97 Å². The standard InChI is InChI=1S/C17H19N3S/c1-12-3-6-14(7-4-12)18-9-10-21-17-19-15-8-5-13(2)11-16(15)20-17/h3-8,11,18H,9-10H2,1-2H3,(H,19,20). The number of benzene rings is 2. The van der Waals surface area contributed by atoms with Gasteiger partial charge in [0.1, 0.15) is 0 Å². The minimum Gasteiger partial charge on any atom is -0.384 e. The number of imidazole rings is 1. The van der Waals surface area contributed by atoms with Crippen LogP contribution in [0.3, 0.4) is 0 Å². The molecular formula is C17H19N3S. The number of thioether (sulfide) groups is 1. The maximum atomic E-state index is 4.59. The maximum Gasteiger partial charge on any atom is 0.166 e. The first-order valence-corrected chi connectivity index (χ1v) is 8.09. The number of aryl methyl sites for hydroxylation is 2. The number of hydrogen-bond donors (Lipinski definition) is 2. The van der Waals surface area contributed by atoms with Crippen LogP contribution in [0.15, 0.2) is 47.6 Å². The Bertz CT molecular complexity index is 731. The van der Waals surface area contributed by atoms with Gasteiger partial charge in [-0.2, -0.15) is 0 Å². The first-order chi connectivity index (χ1) is 10.2. The first-order valence-electron chi connectivity index (χ1n) is 7.10. The van der Waals surface area contributed by atoms with Crippen LogP contribution >= 0.6 is 11.8 Å². The van der Waals surface area contributed by atoms with Crippen molar-refractivity contribution < 1.29 is 0 Å². The molecule has 2 aromatic carbocycles. The fourth-order valence-corrected chi connectivity index (χ4v) is 2.93. The Labute approximate surface area is 129 Å². The highest BCUT2D eigenvalue weighted by atomic mass is 32.2. The molecule has 0 aliphatic rings. The van der Waals surface area contributed by atoms with Gasteiger partial charge in [0.2, 0.25) is 0 Å². The van der Waals surface area contributed by atoms with Gasteiger partial charge in [-0.25, -0.2) is 4.98 Å². The summed E-state index contributed by atoms with van der Waals surface area (Å²) in [6.45, 7) is 5.12. The average molecular weight is 297 g/mol. The van der Waals surface area contributed by atoms with E-state index < -0.39 is 0 Å². The lowest BCUT2D eigenvalue weighted by atomic mass is 10.2. The fourth-order valence-electron chi connectivity index (χ4n) is 2.18. The van der Waals surface area contributed by atoms with E-state index in [1.807, 2.05) is 0 Å². The number of aromatic nitrogens is 2. The molecule has 0 unspecified atom stereocenters. The molecule has 1 heterocycles. The molecule has 0 bridgehead atoms. The van der Waals surface area contributed by atoms with E-state index in [0.29, 0.717) is 0 Å². The second-order valence-electron chi connectivity index (χ2n) is 5.20. The molecule has 0 saturated heterocycles. The van der Waals surface area contributed by atoms with Crippen molar-refractivity contribution in [3.63, 3.8) is 0 Å². The highest BCUT2D eigenvalue weighted by Gasteiger charge is 2.03. The van der Waals surface area contributed by atoms with Gasteiger partial charge in [0, 0.05) is 18.0 Å². The van der Waals surface area contributed by atoms with Crippen LogP contribution in [-0.2, 0) is 0 Å². The summed E-state index contributed by atoms with van der Waals surface area (Å²) < 4.78 is 0. The summed E-state index contributed by atoms with van der Waals surface area (Å²) in [5.41, 5.74) is 5.86. The van der Waals surface area contributed by atoms with Crippen LogP contribution in [0, 0.1) is 13.8 Å². The predicted octanol–water partition coefficient (Wildman–Crippen LogP) is 4.38. The lowest BCUT2D eigenvalue weighted by molar-refractivity contribution is 1.07. The maximum absolute atomic E-state index is 4.59. The molecule has 3 rings (SSSR count). The van der Waals surface area contributed by atoms with E-state index in [2.05, 4.69) is 71.6 Å². The second kappa shape index (κ2) is 6.22. The van der Waals surface area contributed by atoms with Gasteiger partial charge in [-0.15, -0.1) is 0 Å². The molecule has 0 fully saturated rings. The number of hydrogen-bond acceptors (Lipinski definition) is 3. The third-order valence-corrected chi connectivity index (χ3v) is 4.21. The Hall–Kier alpha value is -1.94. The van der Waals surface area contributed by atoms with Crippen molar-refractivity contribution >= 4 is 28.5 Å². The van der Waals surface area contributed by atoms with Gasteiger partial charge in [-0.3, -0.25) is 0 Å². The largest absolute Gasteiger partial charge is 0.384 e. The number of H-pyrrole nitrogens is 1.